The van der Waals surface area contributed by atoms with E-state index in [2.05, 4.69) is 31.0 Å². The van der Waals surface area contributed by atoms with E-state index in [-0.39, 0.29) is 0 Å². The average Bonchev–Trinajstić information content (AvgIpc) is 3.11. The van der Waals surface area contributed by atoms with E-state index in [0.29, 0.717) is 30.9 Å². The van der Waals surface area contributed by atoms with Crippen LogP contribution in [0.2, 0.25) is 0 Å². The van der Waals surface area contributed by atoms with Gasteiger partial charge in [0.15, 0.2) is 11.0 Å². The summed E-state index contributed by atoms with van der Waals surface area (Å²) in [6.45, 7) is 2.12. The van der Waals surface area contributed by atoms with Gasteiger partial charge in [-0.05, 0) is 12.8 Å². The van der Waals surface area contributed by atoms with Crippen molar-refractivity contribution in [3.05, 3.63) is 29.5 Å². The number of ether oxygens (including phenoxy) is 1. The van der Waals surface area contributed by atoms with E-state index in [1.807, 2.05) is 6.07 Å². The summed E-state index contributed by atoms with van der Waals surface area (Å²) < 4.78 is 7.41. The molecule has 128 valence electrons. The molecule has 1 fully saturated rings. The van der Waals surface area contributed by atoms with Crippen LogP contribution in [-0.2, 0) is 24.4 Å². The summed E-state index contributed by atoms with van der Waals surface area (Å²) in [4.78, 5) is 13.8. The van der Waals surface area contributed by atoms with Crippen LogP contribution < -0.4 is 11.1 Å². The molecule has 0 saturated heterocycles. The second-order valence-electron chi connectivity index (χ2n) is 6.37. The van der Waals surface area contributed by atoms with Crippen molar-refractivity contribution in [2.24, 2.45) is 5.73 Å². The third-order valence-electron chi connectivity index (χ3n) is 4.46. The van der Waals surface area contributed by atoms with Crippen LogP contribution in [0.1, 0.15) is 36.0 Å². The predicted molar refractivity (Wildman–Crippen MR) is 93.0 cm³/mol. The zero-order chi connectivity index (χ0) is 16.5. The SMILES string of the molecule is COCc1nc(NCc2cn3c(n2)SCC3)cc(C2CC(N)C2)n1. The Morgan fingerprint density at radius 2 is 2.25 bits per heavy atom. The molecule has 3 N–H and O–H groups in total. The van der Waals surface area contributed by atoms with Gasteiger partial charge in [-0.1, -0.05) is 11.8 Å². The topological polar surface area (TPSA) is 90.9 Å². The quantitative estimate of drug-likeness (QED) is 0.823. The molecule has 1 aliphatic carbocycles. The monoisotopic (exact) mass is 346 g/mol. The Morgan fingerprint density at radius 1 is 1.38 bits per heavy atom. The first kappa shape index (κ1) is 15.9. The number of methoxy groups -OCH3 is 1. The van der Waals surface area contributed by atoms with Crippen LogP contribution in [0.15, 0.2) is 17.4 Å². The first-order valence-electron chi connectivity index (χ1n) is 8.26. The summed E-state index contributed by atoms with van der Waals surface area (Å²) in [5.41, 5.74) is 8.01. The lowest BCUT2D eigenvalue weighted by Gasteiger charge is -2.32. The maximum atomic E-state index is 5.91. The minimum atomic E-state index is 0.303. The van der Waals surface area contributed by atoms with Gasteiger partial charge in [-0.2, -0.15) is 0 Å². The molecule has 2 aromatic heterocycles. The number of aryl methyl sites for hydroxylation is 1. The van der Waals surface area contributed by atoms with Gasteiger partial charge in [0.05, 0.1) is 12.2 Å². The van der Waals surface area contributed by atoms with Crippen molar-refractivity contribution in [1.29, 1.82) is 0 Å². The summed E-state index contributed by atoms with van der Waals surface area (Å²) in [7, 11) is 1.66. The van der Waals surface area contributed by atoms with Crippen LogP contribution in [0.25, 0.3) is 0 Å². The normalized spacial score (nSPS) is 22.2. The van der Waals surface area contributed by atoms with Crippen molar-refractivity contribution in [1.82, 2.24) is 19.5 Å². The van der Waals surface area contributed by atoms with Crippen LogP contribution in [0.4, 0.5) is 5.82 Å². The van der Waals surface area contributed by atoms with Crippen molar-refractivity contribution in [3.8, 4) is 0 Å². The molecule has 1 aliphatic heterocycles. The minimum Gasteiger partial charge on any atom is -0.377 e. The fourth-order valence-electron chi connectivity index (χ4n) is 3.14. The molecule has 4 rings (SSSR count). The Labute approximate surface area is 145 Å². The molecule has 0 unspecified atom stereocenters. The lowest BCUT2D eigenvalue weighted by Crippen LogP contribution is -2.35. The van der Waals surface area contributed by atoms with Crippen LogP contribution in [-0.4, -0.2) is 38.4 Å². The van der Waals surface area contributed by atoms with Gasteiger partial charge in [0, 0.05) is 49.3 Å². The van der Waals surface area contributed by atoms with E-state index in [1.165, 1.54) is 0 Å². The average molecular weight is 346 g/mol. The standard InChI is InChI=1S/C16H22N6OS/c1-23-9-15-20-13(10-4-11(17)5-10)6-14(21-15)18-7-12-8-22-2-3-24-16(22)19-12/h6,8,10-11H,2-5,7,9,17H2,1H3,(H,18,20,21). The number of anilines is 1. The smallest absolute Gasteiger partial charge is 0.168 e. The van der Waals surface area contributed by atoms with E-state index in [1.54, 1.807) is 18.9 Å². The summed E-state index contributed by atoms with van der Waals surface area (Å²) in [5.74, 6) is 3.09. The number of nitrogens with one attached hydrogen (secondary N) is 1. The molecule has 3 heterocycles. The van der Waals surface area contributed by atoms with E-state index >= 15 is 0 Å². The summed E-state index contributed by atoms with van der Waals surface area (Å²) >= 11 is 1.81. The third-order valence-corrected chi connectivity index (χ3v) is 5.43. The minimum absolute atomic E-state index is 0.303. The number of hydrogen-bond acceptors (Lipinski definition) is 7. The zero-order valence-corrected chi connectivity index (χ0v) is 14.6. The van der Waals surface area contributed by atoms with Crippen LogP contribution in [0, 0.1) is 0 Å². The number of aromatic nitrogens is 4. The van der Waals surface area contributed by atoms with Crippen LogP contribution in [0.5, 0.6) is 0 Å². The molecule has 0 spiro atoms. The van der Waals surface area contributed by atoms with Crippen molar-refractivity contribution in [2.75, 3.05) is 18.2 Å². The molecule has 8 heteroatoms. The largest absolute Gasteiger partial charge is 0.377 e. The molecule has 0 amide bonds. The van der Waals surface area contributed by atoms with Crippen LogP contribution in [0.3, 0.4) is 0 Å². The van der Waals surface area contributed by atoms with Crippen LogP contribution >= 0.6 is 11.8 Å². The fraction of sp³-hybridized carbons (Fsp3) is 0.562. The van der Waals surface area contributed by atoms with E-state index in [4.69, 9.17) is 10.5 Å². The Kier molecular flexibility index (Phi) is 4.43. The van der Waals surface area contributed by atoms with Gasteiger partial charge in [-0.15, -0.1) is 0 Å². The lowest BCUT2D eigenvalue weighted by molar-refractivity contribution is 0.177. The molecular weight excluding hydrogens is 324 g/mol. The molecule has 7 nitrogen and oxygen atoms in total. The zero-order valence-electron chi connectivity index (χ0n) is 13.7. The van der Waals surface area contributed by atoms with Crippen molar-refractivity contribution >= 4 is 17.6 Å². The maximum Gasteiger partial charge on any atom is 0.168 e. The molecule has 0 atom stereocenters. The fourth-order valence-corrected chi connectivity index (χ4v) is 4.10. The second kappa shape index (κ2) is 6.70. The van der Waals surface area contributed by atoms with E-state index < -0.39 is 0 Å². The van der Waals surface area contributed by atoms with Crippen molar-refractivity contribution < 1.29 is 4.74 Å². The molecule has 2 aromatic rings. The predicted octanol–water partition coefficient (Wildman–Crippen LogP) is 1.74. The number of imidazole rings is 1. The van der Waals surface area contributed by atoms with Gasteiger partial charge in [0.25, 0.3) is 0 Å². The van der Waals surface area contributed by atoms with Gasteiger partial charge in [0.2, 0.25) is 0 Å². The number of nitrogens with two attached hydrogens (primary N) is 1. The number of fused-ring (bicyclic) bond motifs is 1. The number of nitrogens with zero attached hydrogens (tertiary/aromatic N) is 4. The van der Waals surface area contributed by atoms with Crippen molar-refractivity contribution in [2.45, 2.75) is 49.7 Å². The highest BCUT2D eigenvalue weighted by Gasteiger charge is 2.29. The van der Waals surface area contributed by atoms with Gasteiger partial charge in [-0.25, -0.2) is 15.0 Å². The Hall–Kier alpha value is -1.64. The maximum absolute atomic E-state index is 5.91. The molecule has 24 heavy (non-hydrogen) atoms. The highest BCUT2D eigenvalue weighted by atomic mass is 32.2. The van der Waals surface area contributed by atoms with Crippen molar-refractivity contribution in [3.63, 3.8) is 0 Å². The molecule has 0 bridgehead atoms. The summed E-state index contributed by atoms with van der Waals surface area (Å²) in [5, 5.41) is 4.49. The number of rotatable bonds is 6. The Balaban J connectivity index is 1.48. The number of hydrogen-bond donors (Lipinski definition) is 2. The van der Waals surface area contributed by atoms with Gasteiger partial charge >= 0.3 is 0 Å². The van der Waals surface area contributed by atoms with Gasteiger partial charge < -0.3 is 20.4 Å². The lowest BCUT2D eigenvalue weighted by atomic mass is 9.78. The molecule has 2 aliphatic rings. The third kappa shape index (κ3) is 3.26. The van der Waals surface area contributed by atoms with E-state index in [9.17, 15) is 0 Å². The summed E-state index contributed by atoms with van der Waals surface area (Å²) in [6.07, 6.45) is 4.10. The molecule has 0 radical (unpaired) electrons. The first-order chi connectivity index (χ1) is 11.7. The number of thioether (sulfide) groups is 1. The highest BCUT2D eigenvalue weighted by Crippen LogP contribution is 2.35. The molecule has 0 aromatic carbocycles. The highest BCUT2D eigenvalue weighted by molar-refractivity contribution is 7.99. The Bertz CT molecular complexity index is 706. The van der Waals surface area contributed by atoms with Gasteiger partial charge in [0.1, 0.15) is 12.4 Å². The summed E-state index contributed by atoms with van der Waals surface area (Å²) in [6, 6.07) is 2.34. The second-order valence-corrected chi connectivity index (χ2v) is 7.43. The Morgan fingerprint density at radius 3 is 3.00 bits per heavy atom. The van der Waals surface area contributed by atoms with E-state index in [0.717, 1.165) is 47.5 Å². The van der Waals surface area contributed by atoms with Gasteiger partial charge in [-0.3, -0.25) is 0 Å². The molecule has 1 saturated carbocycles. The first-order valence-corrected chi connectivity index (χ1v) is 9.25. The molecular formula is C16H22N6OS.